The minimum Gasteiger partial charge on any atom is -0.396 e. The molecule has 0 atom stereocenters. The summed E-state index contributed by atoms with van der Waals surface area (Å²) in [4.78, 5) is 16.9. The number of nitrogens with zero attached hydrogens (tertiary/aromatic N) is 3. The van der Waals surface area contributed by atoms with Crippen molar-refractivity contribution in [2.45, 2.75) is 41.5 Å². The first kappa shape index (κ1) is 17.0. The largest absolute Gasteiger partial charge is 0.441 e. The van der Waals surface area contributed by atoms with E-state index in [-0.39, 0.29) is 0 Å². The van der Waals surface area contributed by atoms with Crippen LogP contribution >= 0.6 is 0 Å². The van der Waals surface area contributed by atoms with Crippen LogP contribution in [0.25, 0.3) is 0 Å². The van der Waals surface area contributed by atoms with E-state index in [1.165, 1.54) is 21.3 Å². The Hall–Kier alpha value is -2.37. The Bertz CT molecular complexity index is 799. The van der Waals surface area contributed by atoms with Gasteiger partial charge in [-0.15, -0.1) is 0 Å². The first-order chi connectivity index (χ1) is 10.8. The summed E-state index contributed by atoms with van der Waals surface area (Å²) in [6.45, 7) is 12.7. The lowest BCUT2D eigenvalue weighted by atomic mass is 9.87. The maximum atomic E-state index is 11.6. The van der Waals surface area contributed by atoms with Crippen molar-refractivity contribution in [3.8, 4) is 0 Å². The third kappa shape index (κ3) is 2.81. The van der Waals surface area contributed by atoms with Crippen LogP contribution < -0.4 is 5.76 Å². The van der Waals surface area contributed by atoms with Crippen LogP contribution in [0, 0.1) is 34.6 Å². The summed E-state index contributed by atoms with van der Waals surface area (Å²) in [5, 5.41) is 8.10. The Morgan fingerprint density at radius 3 is 2.04 bits per heavy atom. The van der Waals surface area contributed by atoms with Crippen molar-refractivity contribution in [2.75, 3.05) is 6.61 Å². The number of hydrogen-bond acceptors (Lipinski definition) is 5. The summed E-state index contributed by atoms with van der Waals surface area (Å²) < 4.78 is 6.10. The van der Waals surface area contributed by atoms with E-state index in [1.54, 1.807) is 7.05 Å². The van der Waals surface area contributed by atoms with E-state index >= 15 is 0 Å². The molecule has 6 heteroatoms. The van der Waals surface area contributed by atoms with Crippen molar-refractivity contribution in [2.24, 2.45) is 12.2 Å². The highest BCUT2D eigenvalue weighted by molar-refractivity contribution is 6.12. The number of rotatable bonds is 4. The molecule has 0 amide bonds. The van der Waals surface area contributed by atoms with Gasteiger partial charge in [-0.2, -0.15) is 0 Å². The zero-order valence-corrected chi connectivity index (χ0v) is 14.8. The SMILES string of the molecule is CCON=C(c1c(C)c(C)c(C)c(C)c1C)c1noc(=O)n1C. The maximum Gasteiger partial charge on any atom is 0.441 e. The molecule has 0 radical (unpaired) electrons. The lowest BCUT2D eigenvalue weighted by molar-refractivity contribution is 0.159. The molecule has 0 unspecified atom stereocenters. The predicted octanol–water partition coefficient (Wildman–Crippen LogP) is 2.70. The van der Waals surface area contributed by atoms with Gasteiger partial charge in [0.2, 0.25) is 5.82 Å². The molecule has 0 N–H and O–H groups in total. The third-order valence-electron chi connectivity index (χ3n) is 4.54. The van der Waals surface area contributed by atoms with Gasteiger partial charge in [0.1, 0.15) is 6.61 Å². The summed E-state index contributed by atoms with van der Waals surface area (Å²) >= 11 is 0. The topological polar surface area (TPSA) is 69.6 Å². The second-order valence-electron chi connectivity index (χ2n) is 5.69. The molecule has 0 bridgehead atoms. The Balaban J connectivity index is 2.82. The highest BCUT2D eigenvalue weighted by Crippen LogP contribution is 2.28. The van der Waals surface area contributed by atoms with E-state index in [0.717, 1.165) is 16.7 Å². The van der Waals surface area contributed by atoms with Crippen LogP contribution in [-0.2, 0) is 11.9 Å². The van der Waals surface area contributed by atoms with Gasteiger partial charge in [0.25, 0.3) is 0 Å². The molecule has 0 aliphatic heterocycles. The van der Waals surface area contributed by atoms with E-state index in [0.29, 0.717) is 18.1 Å². The number of hydrogen-bond donors (Lipinski definition) is 0. The normalized spacial score (nSPS) is 11.9. The van der Waals surface area contributed by atoms with Crippen LogP contribution in [0.3, 0.4) is 0 Å². The molecule has 124 valence electrons. The molecule has 0 aliphatic carbocycles. The molecule has 1 heterocycles. The zero-order valence-electron chi connectivity index (χ0n) is 14.8. The van der Waals surface area contributed by atoms with E-state index in [4.69, 9.17) is 9.36 Å². The van der Waals surface area contributed by atoms with Gasteiger partial charge in [-0.05, 0) is 69.4 Å². The summed E-state index contributed by atoms with van der Waals surface area (Å²) in [7, 11) is 1.61. The van der Waals surface area contributed by atoms with Crippen LogP contribution in [0.15, 0.2) is 14.5 Å². The standard InChI is InChI=1S/C17H23N3O3/c1-8-22-18-15(16-19-23-17(21)20(16)7)14-12(5)10(3)9(2)11(4)13(14)6/h8H2,1-7H3. The van der Waals surface area contributed by atoms with Crippen molar-refractivity contribution in [1.29, 1.82) is 0 Å². The average Bonchev–Trinajstić information content (AvgIpc) is 2.86. The minimum atomic E-state index is -0.528. The quantitative estimate of drug-likeness (QED) is 0.642. The Labute approximate surface area is 135 Å². The van der Waals surface area contributed by atoms with Gasteiger partial charge in [-0.3, -0.25) is 9.09 Å². The van der Waals surface area contributed by atoms with Crippen molar-refractivity contribution in [1.82, 2.24) is 9.72 Å². The van der Waals surface area contributed by atoms with Crippen LogP contribution in [0.2, 0.25) is 0 Å². The Morgan fingerprint density at radius 1 is 1.09 bits per heavy atom. The average molecular weight is 317 g/mol. The van der Waals surface area contributed by atoms with Crippen LogP contribution in [0.5, 0.6) is 0 Å². The molecule has 0 spiro atoms. The van der Waals surface area contributed by atoms with Crippen LogP contribution in [0.1, 0.15) is 46.1 Å². The molecule has 0 saturated heterocycles. The van der Waals surface area contributed by atoms with Gasteiger partial charge in [0.15, 0.2) is 5.71 Å². The highest BCUT2D eigenvalue weighted by atomic mass is 16.6. The number of oxime groups is 1. The maximum absolute atomic E-state index is 11.6. The fourth-order valence-corrected chi connectivity index (χ4v) is 2.68. The number of aromatic nitrogens is 2. The van der Waals surface area contributed by atoms with E-state index in [2.05, 4.69) is 31.1 Å². The molecule has 2 aromatic rings. The first-order valence-corrected chi connectivity index (χ1v) is 7.61. The monoisotopic (exact) mass is 317 g/mol. The molecule has 6 nitrogen and oxygen atoms in total. The predicted molar refractivity (Wildman–Crippen MR) is 89.1 cm³/mol. The molecule has 23 heavy (non-hydrogen) atoms. The van der Waals surface area contributed by atoms with Crippen LogP contribution in [-0.4, -0.2) is 22.0 Å². The molecule has 1 aromatic carbocycles. The molecular weight excluding hydrogens is 294 g/mol. The van der Waals surface area contributed by atoms with Gasteiger partial charge in [0.05, 0.1) is 0 Å². The minimum absolute atomic E-state index is 0.359. The molecule has 0 saturated carbocycles. The van der Waals surface area contributed by atoms with Crippen molar-refractivity contribution in [3.05, 3.63) is 49.8 Å². The van der Waals surface area contributed by atoms with E-state index in [9.17, 15) is 4.79 Å². The highest BCUT2D eigenvalue weighted by Gasteiger charge is 2.23. The fourth-order valence-electron chi connectivity index (χ4n) is 2.68. The van der Waals surface area contributed by atoms with Gasteiger partial charge in [-0.25, -0.2) is 4.79 Å². The first-order valence-electron chi connectivity index (χ1n) is 7.61. The van der Waals surface area contributed by atoms with Crippen molar-refractivity contribution >= 4 is 5.71 Å². The van der Waals surface area contributed by atoms with E-state index < -0.39 is 5.76 Å². The number of benzene rings is 1. The van der Waals surface area contributed by atoms with Gasteiger partial charge >= 0.3 is 5.76 Å². The second-order valence-corrected chi connectivity index (χ2v) is 5.69. The van der Waals surface area contributed by atoms with Gasteiger partial charge in [0, 0.05) is 12.6 Å². The van der Waals surface area contributed by atoms with Crippen LogP contribution in [0.4, 0.5) is 0 Å². The Kier molecular flexibility index (Phi) is 4.73. The summed E-state index contributed by atoms with van der Waals surface area (Å²) in [6, 6.07) is 0. The summed E-state index contributed by atoms with van der Waals surface area (Å²) in [5.74, 6) is -0.169. The lowest BCUT2D eigenvalue weighted by Gasteiger charge is -2.19. The smallest absolute Gasteiger partial charge is 0.396 e. The molecule has 0 fully saturated rings. The molecular formula is C17H23N3O3. The summed E-state index contributed by atoms with van der Waals surface area (Å²) in [5.41, 5.74) is 7.29. The molecule has 1 aromatic heterocycles. The summed E-state index contributed by atoms with van der Waals surface area (Å²) in [6.07, 6.45) is 0. The molecule has 0 aliphatic rings. The molecule has 2 rings (SSSR count). The Morgan fingerprint density at radius 2 is 1.61 bits per heavy atom. The fraction of sp³-hybridized carbons (Fsp3) is 0.471. The van der Waals surface area contributed by atoms with Crippen molar-refractivity contribution in [3.63, 3.8) is 0 Å². The lowest BCUT2D eigenvalue weighted by Crippen LogP contribution is -2.20. The zero-order chi connectivity index (χ0) is 17.3. The second kappa shape index (κ2) is 6.40. The van der Waals surface area contributed by atoms with Gasteiger partial charge in [-0.1, -0.05) is 10.3 Å². The van der Waals surface area contributed by atoms with Gasteiger partial charge < -0.3 is 4.84 Å². The van der Waals surface area contributed by atoms with E-state index in [1.807, 2.05) is 20.8 Å². The third-order valence-corrected chi connectivity index (χ3v) is 4.54. The van der Waals surface area contributed by atoms with Crippen molar-refractivity contribution < 1.29 is 9.36 Å².